The molecule has 5 nitrogen and oxygen atoms in total. The summed E-state index contributed by atoms with van der Waals surface area (Å²) in [6, 6.07) is 5.25. The molecular formula is C19H22N2O3S. The Morgan fingerprint density at radius 3 is 2.76 bits per heavy atom. The number of hydrogen-bond donors (Lipinski definition) is 1. The molecule has 1 aromatic carbocycles. The standard InChI is InChI=1S/C19H22N2O3S/c1-2-16-10-20-18(25-16)13-7-14(19(22)23)9-15(8-13)24-17-11-21-5-3-12(17)4-6-21/h7-10,12,17H,2-6,11H2,1H3,(H,22,23)/t17-/m0/s1. The van der Waals surface area contributed by atoms with Gasteiger partial charge in [-0.3, -0.25) is 4.90 Å². The van der Waals surface area contributed by atoms with Gasteiger partial charge in [0.25, 0.3) is 0 Å². The fourth-order valence-electron chi connectivity index (χ4n) is 3.74. The van der Waals surface area contributed by atoms with Crippen molar-refractivity contribution in [3.05, 3.63) is 34.8 Å². The van der Waals surface area contributed by atoms with Crippen LogP contribution in [0.15, 0.2) is 24.4 Å². The maximum Gasteiger partial charge on any atom is 0.335 e. The molecule has 5 rings (SSSR count). The molecule has 6 heteroatoms. The summed E-state index contributed by atoms with van der Waals surface area (Å²) >= 11 is 1.61. The van der Waals surface area contributed by atoms with Crippen LogP contribution in [0.2, 0.25) is 0 Å². The van der Waals surface area contributed by atoms with Gasteiger partial charge >= 0.3 is 5.97 Å². The molecule has 0 spiro atoms. The predicted octanol–water partition coefficient (Wildman–Crippen LogP) is 3.54. The lowest BCUT2D eigenvalue weighted by molar-refractivity contribution is -0.00779. The average molecular weight is 358 g/mol. The van der Waals surface area contributed by atoms with E-state index < -0.39 is 5.97 Å². The smallest absolute Gasteiger partial charge is 0.335 e. The number of nitrogens with zero attached hydrogens (tertiary/aromatic N) is 2. The Kier molecular flexibility index (Phi) is 4.48. The number of aryl methyl sites for hydroxylation is 1. The highest BCUT2D eigenvalue weighted by atomic mass is 32.1. The first kappa shape index (κ1) is 16.5. The number of aromatic carboxylic acids is 1. The van der Waals surface area contributed by atoms with Crippen molar-refractivity contribution < 1.29 is 14.6 Å². The summed E-state index contributed by atoms with van der Waals surface area (Å²) in [4.78, 5) is 19.6. The minimum Gasteiger partial charge on any atom is -0.489 e. The number of carbonyl (C=O) groups is 1. The van der Waals surface area contributed by atoms with Crippen molar-refractivity contribution in [2.45, 2.75) is 32.3 Å². The highest BCUT2D eigenvalue weighted by Gasteiger charge is 2.35. The van der Waals surface area contributed by atoms with E-state index in [1.807, 2.05) is 12.3 Å². The Morgan fingerprint density at radius 1 is 1.36 bits per heavy atom. The lowest BCUT2D eigenvalue weighted by Crippen LogP contribution is -2.52. The SMILES string of the molecule is CCc1cnc(-c2cc(O[C@H]3CN4CCC3CC4)cc(C(=O)O)c2)s1. The number of aromatic nitrogens is 1. The summed E-state index contributed by atoms with van der Waals surface area (Å²) in [6.45, 7) is 5.34. The van der Waals surface area contributed by atoms with E-state index >= 15 is 0 Å². The van der Waals surface area contributed by atoms with Gasteiger partial charge in [-0.25, -0.2) is 9.78 Å². The van der Waals surface area contributed by atoms with Gasteiger partial charge in [0, 0.05) is 23.2 Å². The van der Waals surface area contributed by atoms with Gasteiger partial charge in [0.15, 0.2) is 0 Å². The topological polar surface area (TPSA) is 62.7 Å². The van der Waals surface area contributed by atoms with E-state index in [1.165, 1.54) is 17.7 Å². The van der Waals surface area contributed by atoms with Gasteiger partial charge < -0.3 is 9.84 Å². The number of rotatable bonds is 5. The zero-order valence-electron chi connectivity index (χ0n) is 14.3. The van der Waals surface area contributed by atoms with Crippen molar-refractivity contribution in [3.8, 4) is 16.3 Å². The van der Waals surface area contributed by atoms with Crippen molar-refractivity contribution in [2.24, 2.45) is 5.92 Å². The Hall–Kier alpha value is -1.92. The molecule has 2 bridgehead atoms. The van der Waals surface area contributed by atoms with Crippen LogP contribution < -0.4 is 4.74 Å². The number of ether oxygens (including phenoxy) is 1. The van der Waals surface area contributed by atoms with Gasteiger partial charge in [0.2, 0.25) is 0 Å². The second-order valence-corrected chi connectivity index (χ2v) is 7.95. The van der Waals surface area contributed by atoms with Crippen LogP contribution in [0.25, 0.3) is 10.6 Å². The van der Waals surface area contributed by atoms with Gasteiger partial charge in [-0.05, 0) is 56.5 Å². The maximum atomic E-state index is 11.5. The second kappa shape index (κ2) is 6.77. The molecular weight excluding hydrogens is 336 g/mol. The zero-order valence-corrected chi connectivity index (χ0v) is 15.1. The van der Waals surface area contributed by atoms with Crippen LogP contribution in [0.4, 0.5) is 0 Å². The molecule has 1 N–H and O–H groups in total. The van der Waals surface area contributed by atoms with Crippen molar-refractivity contribution >= 4 is 17.3 Å². The number of thiazole rings is 1. The molecule has 0 amide bonds. The summed E-state index contributed by atoms with van der Waals surface area (Å²) in [5, 5.41) is 10.3. The van der Waals surface area contributed by atoms with Gasteiger partial charge in [-0.1, -0.05) is 6.92 Å². The number of carboxylic acid groups (broad SMARTS) is 1. The van der Waals surface area contributed by atoms with E-state index in [2.05, 4.69) is 16.8 Å². The van der Waals surface area contributed by atoms with Gasteiger partial charge in [-0.2, -0.15) is 0 Å². The number of fused-ring (bicyclic) bond motifs is 3. The van der Waals surface area contributed by atoms with Crippen LogP contribution in [0, 0.1) is 5.92 Å². The number of hydrogen-bond acceptors (Lipinski definition) is 5. The summed E-state index contributed by atoms with van der Waals surface area (Å²) in [5.74, 6) is 0.281. The molecule has 3 saturated heterocycles. The zero-order chi connectivity index (χ0) is 17.4. The largest absolute Gasteiger partial charge is 0.489 e. The molecule has 1 aromatic heterocycles. The quantitative estimate of drug-likeness (QED) is 0.886. The third-order valence-corrected chi connectivity index (χ3v) is 6.38. The van der Waals surface area contributed by atoms with Crippen molar-refractivity contribution in [1.29, 1.82) is 0 Å². The summed E-state index contributed by atoms with van der Waals surface area (Å²) in [6.07, 6.45) is 5.29. The third kappa shape index (κ3) is 3.41. The molecule has 0 radical (unpaired) electrons. The molecule has 1 atom stereocenters. The number of carboxylic acids is 1. The summed E-state index contributed by atoms with van der Waals surface area (Å²) < 4.78 is 6.25. The maximum absolute atomic E-state index is 11.5. The number of piperidine rings is 3. The summed E-state index contributed by atoms with van der Waals surface area (Å²) in [7, 11) is 0. The first-order valence-electron chi connectivity index (χ1n) is 8.85. The molecule has 0 saturated carbocycles. The van der Waals surface area contributed by atoms with E-state index in [4.69, 9.17) is 4.74 Å². The Balaban J connectivity index is 1.63. The molecule has 3 aliphatic heterocycles. The van der Waals surface area contributed by atoms with E-state index in [0.29, 0.717) is 11.7 Å². The lowest BCUT2D eigenvalue weighted by Gasteiger charge is -2.44. The average Bonchev–Trinajstić information content (AvgIpc) is 3.12. The van der Waals surface area contributed by atoms with Crippen molar-refractivity contribution in [1.82, 2.24) is 9.88 Å². The molecule has 2 aromatic rings. The van der Waals surface area contributed by atoms with E-state index in [-0.39, 0.29) is 11.7 Å². The molecule has 4 heterocycles. The Bertz CT molecular complexity index is 781. The van der Waals surface area contributed by atoms with Crippen LogP contribution in [0.3, 0.4) is 0 Å². The number of benzene rings is 1. The van der Waals surface area contributed by atoms with Crippen LogP contribution in [-0.2, 0) is 6.42 Å². The predicted molar refractivity (Wildman–Crippen MR) is 97.5 cm³/mol. The summed E-state index contributed by atoms with van der Waals surface area (Å²) in [5.41, 5.74) is 1.07. The Morgan fingerprint density at radius 2 is 2.16 bits per heavy atom. The molecule has 0 aliphatic carbocycles. The monoisotopic (exact) mass is 358 g/mol. The minimum atomic E-state index is -0.937. The van der Waals surface area contributed by atoms with Gasteiger partial charge in [-0.15, -0.1) is 11.3 Å². The molecule has 0 unspecified atom stereocenters. The van der Waals surface area contributed by atoms with E-state index in [0.717, 1.165) is 36.6 Å². The van der Waals surface area contributed by atoms with Gasteiger partial charge in [0.1, 0.15) is 16.9 Å². The van der Waals surface area contributed by atoms with Crippen molar-refractivity contribution in [3.63, 3.8) is 0 Å². The van der Waals surface area contributed by atoms with Crippen molar-refractivity contribution in [2.75, 3.05) is 19.6 Å². The molecule has 132 valence electrons. The normalized spacial score (nSPS) is 25.1. The van der Waals surface area contributed by atoms with Crippen LogP contribution >= 0.6 is 11.3 Å². The highest BCUT2D eigenvalue weighted by Crippen LogP contribution is 2.34. The first-order chi connectivity index (χ1) is 12.1. The Labute approximate surface area is 151 Å². The fraction of sp³-hybridized carbons (Fsp3) is 0.474. The van der Waals surface area contributed by atoms with Crippen LogP contribution in [0.5, 0.6) is 5.75 Å². The minimum absolute atomic E-state index is 0.155. The second-order valence-electron chi connectivity index (χ2n) is 6.83. The molecule has 25 heavy (non-hydrogen) atoms. The van der Waals surface area contributed by atoms with E-state index in [1.54, 1.807) is 23.5 Å². The molecule has 3 aliphatic rings. The van der Waals surface area contributed by atoms with Crippen LogP contribution in [-0.4, -0.2) is 46.7 Å². The fourth-order valence-corrected chi connectivity index (χ4v) is 4.58. The molecule has 3 fully saturated rings. The third-order valence-electron chi connectivity index (χ3n) is 5.19. The van der Waals surface area contributed by atoms with Crippen LogP contribution in [0.1, 0.15) is 35.0 Å². The van der Waals surface area contributed by atoms with Gasteiger partial charge in [0.05, 0.1) is 5.56 Å². The first-order valence-corrected chi connectivity index (χ1v) is 9.66. The highest BCUT2D eigenvalue weighted by molar-refractivity contribution is 7.15. The van der Waals surface area contributed by atoms with E-state index in [9.17, 15) is 9.90 Å². The lowest BCUT2D eigenvalue weighted by atomic mass is 9.86.